The Morgan fingerprint density at radius 1 is 1.41 bits per heavy atom. The van der Waals surface area contributed by atoms with Crippen molar-refractivity contribution in [3.05, 3.63) is 29.8 Å². The van der Waals surface area contributed by atoms with Crippen molar-refractivity contribution in [2.45, 2.75) is 19.1 Å². The van der Waals surface area contributed by atoms with Gasteiger partial charge < -0.3 is 14.8 Å². The summed E-state index contributed by atoms with van der Waals surface area (Å²) < 4.78 is 33.5. The molecular weight excluding hydrogens is 232 g/mol. The fourth-order valence-electron chi connectivity index (χ4n) is 1.73. The lowest BCUT2D eigenvalue weighted by Gasteiger charge is -2.25. The quantitative estimate of drug-likeness (QED) is 0.887. The monoisotopic (exact) mass is 243 g/mol. The molecule has 92 valence electrons. The Morgan fingerprint density at radius 2 is 2.18 bits per heavy atom. The standard InChI is InChI=1S/C11H11F2NO3/c12-10(13)17-9-4-2-1-3-7(9)8-5-6-16-11(15)14-8/h1-4,8,10H,5-6H2,(H,14,15)/t8-/m1/s1. The Kier molecular flexibility index (Phi) is 3.41. The summed E-state index contributed by atoms with van der Waals surface area (Å²) in [6, 6.07) is 6.04. The molecule has 1 aromatic carbocycles. The van der Waals surface area contributed by atoms with Gasteiger partial charge >= 0.3 is 12.7 Å². The molecule has 4 nitrogen and oxygen atoms in total. The number of nitrogens with one attached hydrogen (secondary N) is 1. The molecule has 1 aliphatic heterocycles. The summed E-state index contributed by atoms with van der Waals surface area (Å²) >= 11 is 0. The van der Waals surface area contributed by atoms with Gasteiger partial charge in [-0.3, -0.25) is 0 Å². The third kappa shape index (κ3) is 2.83. The zero-order valence-electron chi connectivity index (χ0n) is 8.86. The lowest BCUT2D eigenvalue weighted by Crippen LogP contribution is -2.35. The minimum atomic E-state index is -2.88. The molecule has 1 amide bonds. The molecule has 1 heterocycles. The third-order valence-corrected chi connectivity index (χ3v) is 2.44. The number of hydrogen-bond donors (Lipinski definition) is 1. The van der Waals surface area contributed by atoms with Crippen molar-refractivity contribution < 1.29 is 23.0 Å². The molecule has 1 aliphatic rings. The first-order valence-corrected chi connectivity index (χ1v) is 5.14. The number of alkyl halides is 2. The zero-order valence-corrected chi connectivity index (χ0v) is 8.86. The number of amides is 1. The summed E-state index contributed by atoms with van der Waals surface area (Å²) in [5, 5.41) is 2.56. The van der Waals surface area contributed by atoms with Crippen LogP contribution in [0.25, 0.3) is 0 Å². The second-order valence-corrected chi connectivity index (χ2v) is 3.54. The number of halogens is 2. The maximum atomic E-state index is 12.2. The largest absolute Gasteiger partial charge is 0.449 e. The van der Waals surface area contributed by atoms with Crippen molar-refractivity contribution >= 4 is 6.09 Å². The number of alkyl carbamates (subject to hydrolysis) is 1. The second kappa shape index (κ2) is 4.99. The smallest absolute Gasteiger partial charge is 0.407 e. The van der Waals surface area contributed by atoms with Crippen LogP contribution in [0.2, 0.25) is 0 Å². The fraction of sp³-hybridized carbons (Fsp3) is 0.364. The molecule has 0 saturated carbocycles. The van der Waals surface area contributed by atoms with E-state index in [9.17, 15) is 13.6 Å². The van der Waals surface area contributed by atoms with Gasteiger partial charge in [0.25, 0.3) is 0 Å². The predicted octanol–water partition coefficient (Wildman–Crippen LogP) is 2.46. The van der Waals surface area contributed by atoms with Crippen LogP contribution >= 0.6 is 0 Å². The van der Waals surface area contributed by atoms with Crippen LogP contribution < -0.4 is 10.1 Å². The average Bonchev–Trinajstić information content (AvgIpc) is 2.29. The number of benzene rings is 1. The van der Waals surface area contributed by atoms with E-state index >= 15 is 0 Å². The molecule has 0 aromatic heterocycles. The Balaban J connectivity index is 2.21. The average molecular weight is 243 g/mol. The molecule has 1 aromatic rings. The summed E-state index contributed by atoms with van der Waals surface area (Å²) in [5.74, 6) is 0.0784. The van der Waals surface area contributed by atoms with E-state index in [1.807, 2.05) is 0 Å². The van der Waals surface area contributed by atoms with Gasteiger partial charge in [0.15, 0.2) is 0 Å². The van der Waals surface area contributed by atoms with Crippen molar-refractivity contribution in [1.82, 2.24) is 5.32 Å². The zero-order chi connectivity index (χ0) is 12.3. The van der Waals surface area contributed by atoms with Gasteiger partial charge in [0.1, 0.15) is 5.75 Å². The maximum absolute atomic E-state index is 12.2. The summed E-state index contributed by atoms with van der Waals surface area (Å²) in [6.45, 7) is -2.62. The first-order valence-electron chi connectivity index (χ1n) is 5.14. The van der Waals surface area contributed by atoms with Crippen molar-refractivity contribution in [2.24, 2.45) is 0 Å². The lowest BCUT2D eigenvalue weighted by atomic mass is 10.0. The van der Waals surface area contributed by atoms with Gasteiger partial charge in [0.2, 0.25) is 0 Å². The van der Waals surface area contributed by atoms with Gasteiger partial charge in [-0.25, -0.2) is 4.79 Å². The number of ether oxygens (including phenoxy) is 2. The third-order valence-electron chi connectivity index (χ3n) is 2.44. The second-order valence-electron chi connectivity index (χ2n) is 3.54. The highest BCUT2D eigenvalue weighted by molar-refractivity contribution is 5.68. The number of rotatable bonds is 3. The van der Waals surface area contributed by atoms with Gasteiger partial charge in [-0.05, 0) is 6.07 Å². The van der Waals surface area contributed by atoms with Crippen molar-refractivity contribution in [1.29, 1.82) is 0 Å². The first kappa shape index (κ1) is 11.6. The fourth-order valence-corrected chi connectivity index (χ4v) is 1.73. The minimum Gasteiger partial charge on any atom is -0.449 e. The molecule has 1 N–H and O–H groups in total. The Hall–Kier alpha value is -1.85. The van der Waals surface area contributed by atoms with Crippen LogP contribution in [0.15, 0.2) is 24.3 Å². The van der Waals surface area contributed by atoms with E-state index in [1.54, 1.807) is 18.2 Å². The maximum Gasteiger partial charge on any atom is 0.407 e. The Bertz CT molecular complexity index is 411. The van der Waals surface area contributed by atoms with E-state index in [1.165, 1.54) is 6.07 Å². The van der Waals surface area contributed by atoms with Gasteiger partial charge in [-0.2, -0.15) is 8.78 Å². The number of hydrogen-bond acceptors (Lipinski definition) is 3. The number of carbonyl (C=O) groups excluding carboxylic acids is 1. The van der Waals surface area contributed by atoms with E-state index in [4.69, 9.17) is 4.74 Å². The topological polar surface area (TPSA) is 47.6 Å². The molecular formula is C11H11F2NO3. The van der Waals surface area contributed by atoms with Gasteiger partial charge in [-0.1, -0.05) is 18.2 Å². The summed E-state index contributed by atoms with van der Waals surface area (Å²) in [4.78, 5) is 11.1. The molecule has 2 rings (SSSR count). The van der Waals surface area contributed by atoms with Gasteiger partial charge in [0.05, 0.1) is 12.6 Å². The van der Waals surface area contributed by atoms with Gasteiger partial charge in [0, 0.05) is 12.0 Å². The highest BCUT2D eigenvalue weighted by Gasteiger charge is 2.24. The molecule has 17 heavy (non-hydrogen) atoms. The van der Waals surface area contributed by atoms with Crippen LogP contribution in [0, 0.1) is 0 Å². The van der Waals surface area contributed by atoms with E-state index in [0.29, 0.717) is 12.0 Å². The van der Waals surface area contributed by atoms with Crippen LogP contribution in [0.1, 0.15) is 18.0 Å². The van der Waals surface area contributed by atoms with Gasteiger partial charge in [-0.15, -0.1) is 0 Å². The van der Waals surface area contributed by atoms with Crippen LogP contribution in [0.3, 0.4) is 0 Å². The molecule has 1 atom stereocenters. The number of cyclic esters (lactones) is 1. The van der Waals surface area contributed by atoms with Crippen molar-refractivity contribution in [3.63, 3.8) is 0 Å². The summed E-state index contributed by atoms with van der Waals surface area (Å²) in [5.41, 5.74) is 0.532. The van der Waals surface area contributed by atoms with Crippen LogP contribution in [0.5, 0.6) is 5.75 Å². The Morgan fingerprint density at radius 3 is 2.88 bits per heavy atom. The molecule has 0 aliphatic carbocycles. The first-order chi connectivity index (χ1) is 8.16. The molecule has 0 unspecified atom stereocenters. The number of carbonyl (C=O) groups is 1. The predicted molar refractivity (Wildman–Crippen MR) is 54.9 cm³/mol. The van der Waals surface area contributed by atoms with Crippen molar-refractivity contribution in [3.8, 4) is 5.75 Å². The normalized spacial score (nSPS) is 19.7. The molecule has 1 saturated heterocycles. The van der Waals surface area contributed by atoms with E-state index in [-0.39, 0.29) is 18.4 Å². The Labute approximate surface area is 96.5 Å². The highest BCUT2D eigenvalue weighted by atomic mass is 19.3. The van der Waals surface area contributed by atoms with Crippen molar-refractivity contribution in [2.75, 3.05) is 6.61 Å². The molecule has 0 spiro atoms. The molecule has 0 bridgehead atoms. The summed E-state index contributed by atoms with van der Waals surface area (Å²) in [7, 11) is 0. The molecule has 1 fully saturated rings. The van der Waals surface area contributed by atoms with E-state index in [0.717, 1.165) is 0 Å². The summed E-state index contributed by atoms with van der Waals surface area (Å²) in [6.07, 6.45) is -0.0249. The highest BCUT2D eigenvalue weighted by Crippen LogP contribution is 2.29. The SMILES string of the molecule is O=C1N[C@@H](c2ccccc2OC(F)F)CCO1. The minimum absolute atomic E-state index is 0.0784. The van der Waals surface area contributed by atoms with Crippen LogP contribution in [0.4, 0.5) is 13.6 Å². The molecule has 6 heteroatoms. The van der Waals surface area contributed by atoms with Crippen LogP contribution in [-0.4, -0.2) is 19.3 Å². The van der Waals surface area contributed by atoms with E-state index in [2.05, 4.69) is 10.1 Å². The van der Waals surface area contributed by atoms with E-state index < -0.39 is 12.7 Å². The molecule has 0 radical (unpaired) electrons. The lowest BCUT2D eigenvalue weighted by molar-refractivity contribution is -0.0508. The van der Waals surface area contributed by atoms with Crippen LogP contribution in [-0.2, 0) is 4.74 Å². The number of para-hydroxylation sites is 1.